The van der Waals surface area contributed by atoms with Gasteiger partial charge in [-0.25, -0.2) is 0 Å². The summed E-state index contributed by atoms with van der Waals surface area (Å²) in [5.41, 5.74) is 5.46. The van der Waals surface area contributed by atoms with Crippen molar-refractivity contribution in [2.75, 3.05) is 0 Å². The third-order valence-electron chi connectivity index (χ3n) is 4.52. The van der Waals surface area contributed by atoms with Gasteiger partial charge in [0.1, 0.15) is 4.88 Å². The molecule has 0 fully saturated rings. The van der Waals surface area contributed by atoms with Crippen molar-refractivity contribution in [3.05, 3.63) is 84.3 Å². The van der Waals surface area contributed by atoms with Crippen LogP contribution in [0.1, 0.15) is 5.56 Å². The average molecular weight is 384 g/mol. The minimum atomic E-state index is 0.513. The lowest BCUT2D eigenvalue weighted by Crippen LogP contribution is -1.93. The van der Waals surface area contributed by atoms with E-state index in [1.165, 1.54) is 11.1 Å². The highest BCUT2D eigenvalue weighted by Gasteiger charge is 2.21. The zero-order valence-corrected chi connectivity index (χ0v) is 15.9. The lowest BCUT2D eigenvalue weighted by atomic mass is 10.0. The molecular weight excluding hydrogens is 368 g/mol. The number of benzene rings is 1. The number of nitrogens with zero attached hydrogens (tertiary/aromatic N) is 4. The molecule has 0 amide bonds. The molecule has 0 bridgehead atoms. The molecule has 0 aliphatic rings. The van der Waals surface area contributed by atoms with E-state index in [0.29, 0.717) is 11.7 Å². The Balaban J connectivity index is 1.66. The maximum atomic E-state index is 5.63. The van der Waals surface area contributed by atoms with Gasteiger partial charge in [0.05, 0.1) is 5.69 Å². The Morgan fingerprint density at radius 1 is 0.964 bits per heavy atom. The van der Waals surface area contributed by atoms with Crippen molar-refractivity contribution >= 4 is 11.3 Å². The first kappa shape index (κ1) is 16.6. The second-order valence-electron chi connectivity index (χ2n) is 6.45. The summed E-state index contributed by atoms with van der Waals surface area (Å²) in [5.74, 6) is 1.07. The highest BCUT2D eigenvalue weighted by atomic mass is 32.1. The van der Waals surface area contributed by atoms with Crippen molar-refractivity contribution in [2.45, 2.75) is 6.92 Å². The van der Waals surface area contributed by atoms with Crippen LogP contribution in [0.3, 0.4) is 0 Å². The monoisotopic (exact) mass is 384 g/mol. The van der Waals surface area contributed by atoms with Crippen LogP contribution in [0.25, 0.3) is 39.0 Å². The number of thiophene rings is 1. The SMILES string of the molecule is Cc1cccc(-c2csc(-c3nc(-c4ccncc4)no3)c2-n2cccc2)c1. The normalized spacial score (nSPS) is 11.0. The molecule has 0 saturated carbocycles. The van der Waals surface area contributed by atoms with E-state index in [4.69, 9.17) is 4.52 Å². The molecule has 28 heavy (non-hydrogen) atoms. The van der Waals surface area contributed by atoms with Crippen molar-refractivity contribution < 1.29 is 4.52 Å². The van der Waals surface area contributed by atoms with Crippen molar-refractivity contribution in [2.24, 2.45) is 0 Å². The van der Waals surface area contributed by atoms with Crippen LogP contribution in [0, 0.1) is 6.92 Å². The lowest BCUT2D eigenvalue weighted by molar-refractivity contribution is 0.433. The molecule has 0 unspecified atom stereocenters. The Kier molecular flexibility index (Phi) is 4.10. The number of pyridine rings is 1. The Morgan fingerprint density at radius 3 is 2.57 bits per heavy atom. The first-order chi connectivity index (χ1) is 13.8. The van der Waals surface area contributed by atoms with Crippen LogP contribution in [-0.2, 0) is 0 Å². The predicted octanol–water partition coefficient (Wildman–Crippen LogP) is 5.63. The van der Waals surface area contributed by atoms with E-state index >= 15 is 0 Å². The minimum Gasteiger partial charge on any atom is -0.333 e. The quantitative estimate of drug-likeness (QED) is 0.403. The second kappa shape index (κ2) is 6.90. The summed E-state index contributed by atoms with van der Waals surface area (Å²) in [6.45, 7) is 2.10. The summed E-state index contributed by atoms with van der Waals surface area (Å²) in [6.07, 6.45) is 7.51. The molecule has 0 spiro atoms. The molecule has 5 aromatic rings. The highest BCUT2D eigenvalue weighted by molar-refractivity contribution is 7.14. The fourth-order valence-electron chi connectivity index (χ4n) is 3.19. The number of rotatable bonds is 4. The van der Waals surface area contributed by atoms with Gasteiger partial charge in [-0.15, -0.1) is 11.3 Å². The zero-order chi connectivity index (χ0) is 18.9. The molecular formula is C22H16N4OS. The fourth-order valence-corrected chi connectivity index (χ4v) is 4.19. The summed E-state index contributed by atoms with van der Waals surface area (Å²) in [6, 6.07) is 16.3. The molecule has 1 aromatic carbocycles. The van der Waals surface area contributed by atoms with E-state index in [2.05, 4.69) is 56.3 Å². The van der Waals surface area contributed by atoms with Gasteiger partial charge in [0, 0.05) is 41.3 Å². The van der Waals surface area contributed by atoms with E-state index < -0.39 is 0 Å². The topological polar surface area (TPSA) is 56.7 Å². The zero-order valence-electron chi connectivity index (χ0n) is 15.1. The van der Waals surface area contributed by atoms with Crippen molar-refractivity contribution in [3.8, 4) is 39.0 Å². The highest BCUT2D eigenvalue weighted by Crippen LogP contribution is 2.41. The van der Waals surface area contributed by atoms with Gasteiger partial charge < -0.3 is 9.09 Å². The third-order valence-corrected chi connectivity index (χ3v) is 5.47. The Morgan fingerprint density at radius 2 is 1.79 bits per heavy atom. The number of aromatic nitrogens is 4. The number of aryl methyl sites for hydroxylation is 1. The first-order valence-electron chi connectivity index (χ1n) is 8.86. The molecule has 0 aliphatic carbocycles. The fraction of sp³-hybridized carbons (Fsp3) is 0.0455. The van der Waals surface area contributed by atoms with Crippen LogP contribution in [0.2, 0.25) is 0 Å². The summed E-state index contributed by atoms with van der Waals surface area (Å²) < 4.78 is 7.73. The second-order valence-corrected chi connectivity index (χ2v) is 7.33. The third kappa shape index (κ3) is 2.93. The van der Waals surface area contributed by atoms with Crippen LogP contribution >= 0.6 is 11.3 Å². The van der Waals surface area contributed by atoms with Crippen molar-refractivity contribution in [1.82, 2.24) is 19.7 Å². The standard InChI is InChI=1S/C22H16N4OS/c1-15-5-4-6-17(13-15)18-14-28-20(19(18)26-11-2-3-12-26)22-24-21(25-27-22)16-7-9-23-10-8-16/h2-14H,1H3. The summed E-state index contributed by atoms with van der Waals surface area (Å²) in [4.78, 5) is 9.62. The smallest absolute Gasteiger partial charge is 0.270 e. The van der Waals surface area contributed by atoms with E-state index in [0.717, 1.165) is 21.7 Å². The lowest BCUT2D eigenvalue weighted by Gasteiger charge is -2.08. The average Bonchev–Trinajstić information content (AvgIpc) is 3.47. The molecule has 4 heterocycles. The Hall–Kier alpha value is -3.51. The Labute approximate surface area is 165 Å². The van der Waals surface area contributed by atoms with Gasteiger partial charge in [-0.05, 0) is 36.8 Å². The van der Waals surface area contributed by atoms with Crippen LogP contribution in [0.4, 0.5) is 0 Å². The van der Waals surface area contributed by atoms with Gasteiger partial charge in [-0.1, -0.05) is 35.0 Å². The minimum absolute atomic E-state index is 0.513. The molecule has 5 rings (SSSR count). The molecule has 0 N–H and O–H groups in total. The van der Waals surface area contributed by atoms with Crippen molar-refractivity contribution in [1.29, 1.82) is 0 Å². The molecule has 0 radical (unpaired) electrons. The molecule has 4 aromatic heterocycles. The van der Waals surface area contributed by atoms with Crippen molar-refractivity contribution in [3.63, 3.8) is 0 Å². The van der Waals surface area contributed by atoms with E-state index in [1.54, 1.807) is 23.7 Å². The van der Waals surface area contributed by atoms with E-state index in [1.807, 2.05) is 36.7 Å². The van der Waals surface area contributed by atoms with Gasteiger partial charge in [0.25, 0.3) is 5.89 Å². The summed E-state index contributed by atoms with van der Waals surface area (Å²) in [7, 11) is 0. The van der Waals surface area contributed by atoms with Gasteiger partial charge in [-0.2, -0.15) is 4.98 Å². The van der Waals surface area contributed by atoms with E-state index in [9.17, 15) is 0 Å². The van der Waals surface area contributed by atoms with E-state index in [-0.39, 0.29) is 0 Å². The van der Waals surface area contributed by atoms with Gasteiger partial charge in [0.2, 0.25) is 5.82 Å². The van der Waals surface area contributed by atoms with Crippen LogP contribution < -0.4 is 0 Å². The van der Waals surface area contributed by atoms with Crippen LogP contribution in [0.15, 0.2) is 83.2 Å². The molecule has 0 saturated heterocycles. The molecule has 5 nitrogen and oxygen atoms in total. The van der Waals surface area contributed by atoms with Crippen LogP contribution in [0.5, 0.6) is 0 Å². The number of hydrogen-bond acceptors (Lipinski definition) is 5. The maximum absolute atomic E-state index is 5.63. The maximum Gasteiger partial charge on any atom is 0.270 e. The summed E-state index contributed by atoms with van der Waals surface area (Å²) in [5, 5.41) is 6.31. The molecule has 0 aliphatic heterocycles. The number of hydrogen-bond donors (Lipinski definition) is 0. The van der Waals surface area contributed by atoms with Gasteiger partial charge in [-0.3, -0.25) is 4.98 Å². The first-order valence-corrected chi connectivity index (χ1v) is 9.74. The largest absolute Gasteiger partial charge is 0.333 e. The molecule has 0 atom stereocenters. The summed E-state index contributed by atoms with van der Waals surface area (Å²) >= 11 is 1.61. The predicted molar refractivity (Wildman–Crippen MR) is 110 cm³/mol. The van der Waals surface area contributed by atoms with Gasteiger partial charge in [0.15, 0.2) is 0 Å². The molecule has 6 heteroatoms. The van der Waals surface area contributed by atoms with Crippen LogP contribution in [-0.4, -0.2) is 19.7 Å². The van der Waals surface area contributed by atoms with Gasteiger partial charge >= 0.3 is 0 Å². The molecule has 136 valence electrons. The Bertz CT molecular complexity index is 1220.